The van der Waals surface area contributed by atoms with Crippen molar-refractivity contribution in [3.63, 3.8) is 0 Å². The Morgan fingerprint density at radius 3 is 2.38 bits per heavy atom. The molecule has 0 bridgehead atoms. The highest BCUT2D eigenvalue weighted by Crippen LogP contribution is 2.32. The van der Waals surface area contributed by atoms with Gasteiger partial charge in [0.1, 0.15) is 0 Å². The lowest BCUT2D eigenvalue weighted by molar-refractivity contribution is -0.137. The van der Waals surface area contributed by atoms with E-state index in [4.69, 9.17) is 9.47 Å². The number of ether oxygens (including phenoxy) is 2. The number of hydrogen-bond acceptors (Lipinski definition) is 6. The molecule has 2 aliphatic heterocycles. The van der Waals surface area contributed by atoms with Crippen LogP contribution >= 0.6 is 0 Å². The monoisotopic (exact) mass is 493 g/mol. The van der Waals surface area contributed by atoms with E-state index in [-0.39, 0.29) is 41.6 Å². The summed E-state index contributed by atoms with van der Waals surface area (Å²) in [5.41, 5.74) is 0. The van der Waals surface area contributed by atoms with Gasteiger partial charge < -0.3 is 19.7 Å². The highest BCUT2D eigenvalue weighted by Gasteiger charge is 2.29. The number of likely N-dealkylation sites (tertiary alicyclic amines) is 1. The molecule has 0 spiro atoms. The SMILES string of the molecule is O=C(CCNS(=O)(=O)c1ccc2c(c1)OCCCO2)NC1CCN(C(=O)C2CCCCC2)CC1. The first-order valence-corrected chi connectivity index (χ1v) is 13.9. The van der Waals surface area contributed by atoms with Gasteiger partial charge in [-0.25, -0.2) is 13.1 Å². The highest BCUT2D eigenvalue weighted by molar-refractivity contribution is 7.89. The van der Waals surface area contributed by atoms with Crippen molar-refractivity contribution in [3.05, 3.63) is 18.2 Å². The van der Waals surface area contributed by atoms with Gasteiger partial charge in [-0.05, 0) is 37.8 Å². The van der Waals surface area contributed by atoms with Crippen LogP contribution < -0.4 is 19.5 Å². The Morgan fingerprint density at radius 1 is 0.941 bits per heavy atom. The smallest absolute Gasteiger partial charge is 0.240 e. The quantitative estimate of drug-likeness (QED) is 0.602. The maximum absolute atomic E-state index is 12.7. The molecule has 0 atom stereocenters. The van der Waals surface area contributed by atoms with Crippen molar-refractivity contribution in [2.45, 2.75) is 68.7 Å². The normalized spacial score (nSPS) is 19.9. The molecule has 1 saturated carbocycles. The maximum Gasteiger partial charge on any atom is 0.240 e. The molecule has 0 aromatic heterocycles. The summed E-state index contributed by atoms with van der Waals surface area (Å²) in [6, 6.07) is 4.53. The fourth-order valence-corrected chi connectivity index (χ4v) is 5.89. The Morgan fingerprint density at radius 2 is 1.65 bits per heavy atom. The zero-order valence-corrected chi connectivity index (χ0v) is 20.4. The fraction of sp³-hybridized carbons (Fsp3) is 0.667. The average molecular weight is 494 g/mol. The van der Waals surface area contributed by atoms with E-state index in [0.29, 0.717) is 37.8 Å². The predicted molar refractivity (Wildman–Crippen MR) is 126 cm³/mol. The summed E-state index contributed by atoms with van der Waals surface area (Å²) in [5.74, 6) is 1.19. The van der Waals surface area contributed by atoms with E-state index in [1.54, 1.807) is 6.07 Å². The van der Waals surface area contributed by atoms with Gasteiger partial charge in [-0.1, -0.05) is 19.3 Å². The third-order valence-corrected chi connectivity index (χ3v) is 8.26. The van der Waals surface area contributed by atoms with Crippen molar-refractivity contribution < 1.29 is 27.5 Å². The Bertz CT molecular complexity index is 969. The molecular weight excluding hydrogens is 458 g/mol. The largest absolute Gasteiger partial charge is 0.490 e. The van der Waals surface area contributed by atoms with Crippen LogP contribution in [0.3, 0.4) is 0 Å². The van der Waals surface area contributed by atoms with Crippen molar-refractivity contribution in [2.24, 2.45) is 5.92 Å². The zero-order valence-electron chi connectivity index (χ0n) is 19.6. The number of carbonyl (C=O) groups excluding carboxylic acids is 2. The number of fused-ring (bicyclic) bond motifs is 1. The molecule has 10 heteroatoms. The number of piperidine rings is 1. The maximum atomic E-state index is 12.7. The summed E-state index contributed by atoms with van der Waals surface area (Å²) < 4.78 is 38.8. The zero-order chi connectivity index (χ0) is 24.0. The van der Waals surface area contributed by atoms with E-state index in [1.165, 1.54) is 18.6 Å². The molecule has 2 heterocycles. The number of rotatable bonds is 7. The van der Waals surface area contributed by atoms with Gasteiger partial charge in [0.2, 0.25) is 21.8 Å². The van der Waals surface area contributed by atoms with Crippen molar-refractivity contribution in [2.75, 3.05) is 32.8 Å². The minimum absolute atomic E-state index is 0.00161. The molecule has 2 amide bonds. The summed E-state index contributed by atoms with van der Waals surface area (Å²) in [4.78, 5) is 27.1. The molecule has 0 unspecified atom stereocenters. The molecule has 1 aromatic carbocycles. The van der Waals surface area contributed by atoms with Crippen molar-refractivity contribution in [1.82, 2.24) is 14.9 Å². The van der Waals surface area contributed by atoms with Crippen LogP contribution in [0.2, 0.25) is 0 Å². The minimum Gasteiger partial charge on any atom is -0.490 e. The number of benzene rings is 1. The van der Waals surface area contributed by atoms with Crippen LogP contribution in [0.5, 0.6) is 11.5 Å². The molecule has 2 fully saturated rings. The Hall–Kier alpha value is -2.33. The molecule has 1 aliphatic carbocycles. The molecule has 188 valence electrons. The van der Waals surface area contributed by atoms with Crippen molar-refractivity contribution in [3.8, 4) is 11.5 Å². The number of nitrogens with zero attached hydrogens (tertiary/aromatic N) is 1. The fourth-order valence-electron chi connectivity index (χ4n) is 4.84. The number of sulfonamides is 1. The van der Waals surface area contributed by atoms with Crippen molar-refractivity contribution >= 4 is 21.8 Å². The molecule has 2 N–H and O–H groups in total. The number of hydrogen-bond donors (Lipinski definition) is 2. The average Bonchev–Trinajstić information content (AvgIpc) is 3.09. The highest BCUT2D eigenvalue weighted by atomic mass is 32.2. The van der Waals surface area contributed by atoms with Crippen LogP contribution in [-0.4, -0.2) is 64.0 Å². The van der Waals surface area contributed by atoms with Crippen LogP contribution in [0, 0.1) is 5.92 Å². The third kappa shape index (κ3) is 6.41. The van der Waals surface area contributed by atoms with Gasteiger partial charge in [-0.2, -0.15) is 0 Å². The summed E-state index contributed by atoms with van der Waals surface area (Å²) in [5, 5.41) is 2.98. The molecule has 0 radical (unpaired) electrons. The van der Waals surface area contributed by atoms with E-state index in [0.717, 1.165) is 44.9 Å². The van der Waals surface area contributed by atoms with E-state index in [9.17, 15) is 18.0 Å². The Labute approximate surface area is 201 Å². The summed E-state index contributed by atoms with van der Waals surface area (Å²) in [6.07, 6.45) is 7.74. The summed E-state index contributed by atoms with van der Waals surface area (Å²) in [6.45, 7) is 2.33. The van der Waals surface area contributed by atoms with Crippen molar-refractivity contribution in [1.29, 1.82) is 0 Å². The first-order valence-electron chi connectivity index (χ1n) is 12.4. The molecule has 34 heavy (non-hydrogen) atoms. The van der Waals surface area contributed by atoms with Crippen LogP contribution in [-0.2, 0) is 19.6 Å². The van der Waals surface area contributed by atoms with Gasteiger partial charge in [-0.15, -0.1) is 0 Å². The van der Waals surface area contributed by atoms with E-state index >= 15 is 0 Å². The lowest BCUT2D eigenvalue weighted by atomic mass is 9.87. The van der Waals surface area contributed by atoms with E-state index < -0.39 is 10.0 Å². The van der Waals surface area contributed by atoms with Crippen LogP contribution in [0.15, 0.2) is 23.1 Å². The molecule has 1 aromatic rings. The molecule has 1 saturated heterocycles. The summed E-state index contributed by atoms with van der Waals surface area (Å²) >= 11 is 0. The first-order chi connectivity index (χ1) is 16.4. The molecular formula is C24H35N3O6S. The van der Waals surface area contributed by atoms with Gasteiger partial charge in [0.05, 0.1) is 18.1 Å². The Kier molecular flexibility index (Phi) is 8.31. The standard InChI is InChI=1S/C24H35N3O6S/c28-23(26-19-10-13-27(14-11-19)24(29)18-5-2-1-3-6-18)9-12-25-34(30,31)20-7-8-21-22(17-20)33-16-4-15-32-21/h7-8,17-19,25H,1-6,9-16H2,(H,26,28). The second kappa shape index (κ2) is 11.4. The lowest BCUT2D eigenvalue weighted by Gasteiger charge is -2.35. The third-order valence-electron chi connectivity index (χ3n) is 6.80. The van der Waals surface area contributed by atoms with Gasteiger partial charge in [0.25, 0.3) is 0 Å². The van der Waals surface area contributed by atoms with Crippen LogP contribution in [0.25, 0.3) is 0 Å². The number of carbonyl (C=O) groups is 2. The van der Waals surface area contributed by atoms with Crippen LogP contribution in [0.1, 0.15) is 57.8 Å². The molecule has 3 aliphatic rings. The lowest BCUT2D eigenvalue weighted by Crippen LogP contribution is -2.48. The Balaban J connectivity index is 1.19. The summed E-state index contributed by atoms with van der Waals surface area (Å²) in [7, 11) is -3.77. The van der Waals surface area contributed by atoms with Gasteiger partial charge in [0, 0.05) is 50.5 Å². The number of nitrogens with one attached hydrogen (secondary N) is 2. The number of amides is 2. The van der Waals surface area contributed by atoms with Gasteiger partial charge >= 0.3 is 0 Å². The van der Waals surface area contributed by atoms with Crippen LogP contribution in [0.4, 0.5) is 0 Å². The second-order valence-electron chi connectivity index (χ2n) is 9.31. The topological polar surface area (TPSA) is 114 Å². The van der Waals surface area contributed by atoms with Gasteiger partial charge in [-0.3, -0.25) is 9.59 Å². The predicted octanol–water partition coefficient (Wildman–Crippen LogP) is 2.20. The first kappa shape index (κ1) is 24.8. The van der Waals surface area contributed by atoms with E-state index in [1.807, 2.05) is 4.90 Å². The van der Waals surface area contributed by atoms with E-state index in [2.05, 4.69) is 10.0 Å². The second-order valence-corrected chi connectivity index (χ2v) is 11.1. The molecule has 4 rings (SSSR count). The van der Waals surface area contributed by atoms with Gasteiger partial charge in [0.15, 0.2) is 11.5 Å². The molecule has 9 nitrogen and oxygen atoms in total. The minimum atomic E-state index is -3.77.